The topological polar surface area (TPSA) is 52.6 Å². The van der Waals surface area contributed by atoms with Crippen LogP contribution in [0.15, 0.2) is 60.7 Å². The van der Waals surface area contributed by atoms with Gasteiger partial charge in [0.2, 0.25) is 0 Å². The van der Waals surface area contributed by atoms with E-state index in [1.807, 2.05) is 20.8 Å². The highest BCUT2D eigenvalue weighted by atomic mass is 32.2. The summed E-state index contributed by atoms with van der Waals surface area (Å²) in [5.74, 6) is 0. The lowest BCUT2D eigenvalue weighted by molar-refractivity contribution is 0.199. The molecule has 0 aromatic heterocycles. The Morgan fingerprint density at radius 2 is 1.57 bits per heavy atom. The second-order valence-electron chi connectivity index (χ2n) is 9.35. The molecule has 1 aliphatic rings. The third-order valence-electron chi connectivity index (χ3n) is 6.03. The van der Waals surface area contributed by atoms with Crippen LogP contribution in [-0.2, 0) is 11.0 Å². The second-order valence-corrected chi connectivity index (χ2v) is 11.3. The van der Waals surface area contributed by atoms with Crippen molar-refractivity contribution in [3.63, 3.8) is 0 Å². The average molecular weight is 429 g/mol. The quantitative estimate of drug-likeness (QED) is 0.686. The maximum Gasteiger partial charge on any atom is 0.0975 e. The van der Waals surface area contributed by atoms with Crippen molar-refractivity contribution >= 4 is 11.0 Å². The van der Waals surface area contributed by atoms with Gasteiger partial charge in [0.05, 0.1) is 21.8 Å². The Morgan fingerprint density at radius 3 is 2.07 bits per heavy atom. The monoisotopic (exact) mass is 428 g/mol. The number of aliphatic hydroxyl groups excluding tert-OH is 1. The summed E-state index contributed by atoms with van der Waals surface area (Å²) in [6.45, 7) is 7.95. The fourth-order valence-electron chi connectivity index (χ4n) is 4.32. The predicted octanol–water partition coefficient (Wildman–Crippen LogP) is 4.43. The number of likely N-dealkylation sites (tertiary alicyclic amines) is 1. The van der Waals surface area contributed by atoms with E-state index in [1.54, 1.807) is 0 Å². The normalized spacial score (nSPS) is 22.0. The molecule has 2 unspecified atom stereocenters. The van der Waals surface area contributed by atoms with Crippen molar-refractivity contribution in [3.05, 3.63) is 71.8 Å². The highest BCUT2D eigenvalue weighted by Crippen LogP contribution is 2.34. The molecule has 4 nitrogen and oxygen atoms in total. The molecule has 30 heavy (non-hydrogen) atoms. The molecular weight excluding hydrogens is 392 g/mol. The van der Waals surface area contributed by atoms with Crippen molar-refractivity contribution in [1.29, 1.82) is 0 Å². The first-order valence-corrected chi connectivity index (χ1v) is 12.1. The van der Waals surface area contributed by atoms with Crippen LogP contribution >= 0.6 is 0 Å². The van der Waals surface area contributed by atoms with E-state index in [0.29, 0.717) is 6.42 Å². The summed E-state index contributed by atoms with van der Waals surface area (Å²) in [6, 6.07) is 21.6. The maximum atomic E-state index is 12.9. The summed E-state index contributed by atoms with van der Waals surface area (Å²) in [7, 11) is -1.16. The van der Waals surface area contributed by atoms with Gasteiger partial charge in [-0.2, -0.15) is 0 Å². The van der Waals surface area contributed by atoms with Crippen molar-refractivity contribution in [3.8, 4) is 0 Å². The van der Waals surface area contributed by atoms with Crippen LogP contribution in [0, 0.1) is 0 Å². The molecule has 2 atom stereocenters. The van der Waals surface area contributed by atoms with Gasteiger partial charge in [-0.05, 0) is 64.1 Å². The minimum Gasteiger partial charge on any atom is -0.396 e. The van der Waals surface area contributed by atoms with Gasteiger partial charge in [-0.3, -0.25) is 4.90 Å². The van der Waals surface area contributed by atoms with E-state index < -0.39 is 11.0 Å². The number of hydrogen-bond acceptors (Lipinski definition) is 3. The standard InChI is InChI=1S/C25H36N2O2S/c1-24(2,3)30(29)26-25(17-20-28)15-10-18-27(19-16-25)23(21-11-6-4-7-12-21)22-13-8-5-9-14-22/h4-9,11-14,23,26,28H,10,15-20H2,1-3H3. The maximum absolute atomic E-state index is 12.9. The van der Waals surface area contributed by atoms with Crippen molar-refractivity contribution < 1.29 is 9.32 Å². The Balaban J connectivity index is 1.85. The number of nitrogens with zero attached hydrogens (tertiary/aromatic N) is 1. The Labute approximate surface area is 184 Å². The minimum atomic E-state index is -1.16. The molecule has 1 heterocycles. The van der Waals surface area contributed by atoms with Gasteiger partial charge >= 0.3 is 0 Å². The Morgan fingerprint density at radius 1 is 1.00 bits per heavy atom. The van der Waals surface area contributed by atoms with Gasteiger partial charge in [0.1, 0.15) is 0 Å². The average Bonchev–Trinajstić information content (AvgIpc) is 2.92. The van der Waals surface area contributed by atoms with Gasteiger partial charge in [-0.1, -0.05) is 60.7 Å². The zero-order chi connectivity index (χ0) is 21.6. The highest BCUT2D eigenvalue weighted by molar-refractivity contribution is 7.84. The van der Waals surface area contributed by atoms with Gasteiger partial charge in [0.15, 0.2) is 0 Å². The molecule has 0 saturated carbocycles. The van der Waals surface area contributed by atoms with E-state index in [-0.39, 0.29) is 22.9 Å². The van der Waals surface area contributed by atoms with Crippen LogP contribution in [0.1, 0.15) is 63.6 Å². The molecule has 0 amide bonds. The lowest BCUT2D eigenvalue weighted by atomic mass is 9.88. The molecule has 2 aromatic rings. The van der Waals surface area contributed by atoms with Crippen LogP contribution in [0.3, 0.4) is 0 Å². The third-order valence-corrected chi connectivity index (χ3v) is 7.76. The summed E-state index contributed by atoms with van der Waals surface area (Å²) in [4.78, 5) is 2.55. The van der Waals surface area contributed by atoms with Crippen LogP contribution in [-0.4, -0.2) is 44.2 Å². The summed E-state index contributed by atoms with van der Waals surface area (Å²) >= 11 is 0. The van der Waals surface area contributed by atoms with Crippen molar-refractivity contribution in [2.45, 2.75) is 62.8 Å². The molecule has 2 aromatic carbocycles. The number of rotatable bonds is 7. The molecule has 1 fully saturated rings. The largest absolute Gasteiger partial charge is 0.396 e. The first-order valence-electron chi connectivity index (χ1n) is 11.0. The Kier molecular flexibility index (Phi) is 7.86. The summed E-state index contributed by atoms with van der Waals surface area (Å²) < 4.78 is 16.0. The van der Waals surface area contributed by atoms with Crippen molar-refractivity contribution in [2.24, 2.45) is 0 Å². The summed E-state index contributed by atoms with van der Waals surface area (Å²) in [5, 5.41) is 9.77. The van der Waals surface area contributed by atoms with E-state index >= 15 is 0 Å². The lowest BCUT2D eigenvalue weighted by Gasteiger charge is -2.36. The van der Waals surface area contributed by atoms with Gasteiger partial charge in [0.25, 0.3) is 0 Å². The van der Waals surface area contributed by atoms with Gasteiger partial charge in [-0.15, -0.1) is 0 Å². The molecule has 1 saturated heterocycles. The van der Waals surface area contributed by atoms with Crippen LogP contribution in [0.4, 0.5) is 0 Å². The first kappa shape index (κ1) is 23.1. The van der Waals surface area contributed by atoms with Crippen molar-refractivity contribution in [2.75, 3.05) is 19.7 Å². The van der Waals surface area contributed by atoms with Crippen LogP contribution < -0.4 is 4.72 Å². The zero-order valence-corrected chi connectivity index (χ0v) is 19.3. The summed E-state index contributed by atoms with van der Waals surface area (Å²) in [6.07, 6.45) is 3.42. The number of hydrogen-bond donors (Lipinski definition) is 2. The highest BCUT2D eigenvalue weighted by Gasteiger charge is 2.37. The van der Waals surface area contributed by atoms with Crippen LogP contribution in [0.25, 0.3) is 0 Å². The number of nitrogens with one attached hydrogen (secondary N) is 1. The summed E-state index contributed by atoms with van der Waals surface area (Å²) in [5.41, 5.74) is 2.30. The molecule has 5 heteroatoms. The SMILES string of the molecule is CC(C)(C)S(=O)NC1(CCO)CCCN(C(c2ccccc2)c2ccccc2)CC1. The molecule has 2 N–H and O–H groups in total. The van der Waals surface area contributed by atoms with E-state index in [2.05, 4.69) is 70.3 Å². The fourth-order valence-corrected chi connectivity index (χ4v) is 5.33. The lowest BCUT2D eigenvalue weighted by Crippen LogP contribution is -2.51. The van der Waals surface area contributed by atoms with Gasteiger partial charge in [-0.25, -0.2) is 8.93 Å². The Hall–Kier alpha value is -1.53. The molecule has 0 aliphatic carbocycles. The van der Waals surface area contributed by atoms with E-state index in [9.17, 15) is 9.32 Å². The van der Waals surface area contributed by atoms with Gasteiger partial charge in [0, 0.05) is 18.7 Å². The smallest absolute Gasteiger partial charge is 0.0975 e. The molecule has 0 bridgehead atoms. The molecule has 164 valence electrons. The number of aliphatic hydroxyl groups is 1. The fraction of sp³-hybridized carbons (Fsp3) is 0.520. The first-order chi connectivity index (χ1) is 14.3. The third kappa shape index (κ3) is 5.79. The van der Waals surface area contributed by atoms with Gasteiger partial charge < -0.3 is 5.11 Å². The molecule has 0 radical (unpaired) electrons. The van der Waals surface area contributed by atoms with Crippen LogP contribution in [0.2, 0.25) is 0 Å². The number of benzene rings is 2. The van der Waals surface area contributed by atoms with E-state index in [1.165, 1.54) is 11.1 Å². The van der Waals surface area contributed by atoms with Crippen LogP contribution in [0.5, 0.6) is 0 Å². The second kappa shape index (κ2) is 10.2. The molecular formula is C25H36N2O2S. The molecule has 3 rings (SSSR count). The van der Waals surface area contributed by atoms with Crippen molar-refractivity contribution in [1.82, 2.24) is 9.62 Å². The predicted molar refractivity (Wildman–Crippen MR) is 126 cm³/mol. The van der Waals surface area contributed by atoms with E-state index in [0.717, 1.165) is 32.4 Å². The Bertz CT molecular complexity index is 767. The zero-order valence-electron chi connectivity index (χ0n) is 18.5. The van der Waals surface area contributed by atoms with E-state index in [4.69, 9.17) is 0 Å². The minimum absolute atomic E-state index is 0.106. The molecule has 0 spiro atoms. The molecule has 1 aliphatic heterocycles.